The molecule has 0 aliphatic heterocycles. The number of rotatable bonds is 4. The fourth-order valence-electron chi connectivity index (χ4n) is 1.83. The van der Waals surface area contributed by atoms with E-state index >= 15 is 0 Å². The van der Waals surface area contributed by atoms with Gasteiger partial charge in [-0.05, 0) is 25.8 Å². The fourth-order valence-corrected chi connectivity index (χ4v) is 1.83. The Balaban J connectivity index is 3.03. The van der Waals surface area contributed by atoms with Crippen molar-refractivity contribution in [3.63, 3.8) is 0 Å². The smallest absolute Gasteiger partial charge is 0.0781 e. The number of hydrogen-bond acceptors (Lipinski definition) is 2. The monoisotopic (exact) mass is 221 g/mol. The lowest BCUT2D eigenvalue weighted by atomic mass is 10.0. The molecular formula is C14H23NO. The van der Waals surface area contributed by atoms with Gasteiger partial charge >= 0.3 is 0 Å². The molecule has 1 N–H and O–H groups in total. The van der Waals surface area contributed by atoms with Gasteiger partial charge in [0.25, 0.3) is 0 Å². The van der Waals surface area contributed by atoms with Gasteiger partial charge in [-0.2, -0.15) is 0 Å². The SMILES string of the molecule is CC(C)C(C)N(C)c1ccccc1[C@@H](C)O. The first-order chi connectivity index (χ1) is 7.45. The van der Waals surface area contributed by atoms with Crippen LogP contribution in [0.25, 0.3) is 0 Å². The van der Waals surface area contributed by atoms with Crippen molar-refractivity contribution in [2.45, 2.75) is 39.8 Å². The molecule has 0 aromatic heterocycles. The van der Waals surface area contributed by atoms with Crippen LogP contribution >= 0.6 is 0 Å². The second kappa shape index (κ2) is 5.35. The summed E-state index contributed by atoms with van der Waals surface area (Å²) in [5.74, 6) is 0.590. The van der Waals surface area contributed by atoms with Crippen molar-refractivity contribution in [1.82, 2.24) is 0 Å². The minimum Gasteiger partial charge on any atom is -0.389 e. The van der Waals surface area contributed by atoms with E-state index in [9.17, 15) is 5.11 Å². The molecule has 0 heterocycles. The topological polar surface area (TPSA) is 23.5 Å². The Morgan fingerprint density at radius 2 is 1.62 bits per heavy atom. The summed E-state index contributed by atoms with van der Waals surface area (Å²) in [5, 5.41) is 9.75. The molecule has 0 bridgehead atoms. The molecule has 1 unspecified atom stereocenters. The van der Waals surface area contributed by atoms with Crippen LogP contribution in [0.15, 0.2) is 24.3 Å². The molecule has 0 saturated heterocycles. The second-order valence-corrected chi connectivity index (χ2v) is 4.83. The van der Waals surface area contributed by atoms with Crippen LogP contribution in [0.2, 0.25) is 0 Å². The highest BCUT2D eigenvalue weighted by Crippen LogP contribution is 2.27. The van der Waals surface area contributed by atoms with Crippen molar-refractivity contribution >= 4 is 5.69 Å². The Labute approximate surface area is 98.9 Å². The lowest BCUT2D eigenvalue weighted by molar-refractivity contribution is 0.199. The molecule has 0 saturated carbocycles. The van der Waals surface area contributed by atoms with Gasteiger partial charge in [-0.3, -0.25) is 0 Å². The average molecular weight is 221 g/mol. The van der Waals surface area contributed by atoms with E-state index in [2.05, 4.69) is 38.8 Å². The highest BCUT2D eigenvalue weighted by molar-refractivity contribution is 5.54. The number of anilines is 1. The van der Waals surface area contributed by atoms with Crippen molar-refractivity contribution in [3.8, 4) is 0 Å². The van der Waals surface area contributed by atoms with E-state index in [0.29, 0.717) is 12.0 Å². The predicted octanol–water partition coefficient (Wildman–Crippen LogP) is 3.22. The molecule has 2 atom stereocenters. The molecule has 1 aromatic rings. The Bertz CT molecular complexity index is 333. The molecule has 0 amide bonds. The van der Waals surface area contributed by atoms with Crippen LogP contribution in [0.1, 0.15) is 39.4 Å². The first-order valence-corrected chi connectivity index (χ1v) is 5.95. The van der Waals surface area contributed by atoms with Gasteiger partial charge in [0.2, 0.25) is 0 Å². The van der Waals surface area contributed by atoms with Gasteiger partial charge in [-0.15, -0.1) is 0 Å². The zero-order chi connectivity index (χ0) is 12.3. The standard InChI is InChI=1S/C14H23NO/c1-10(2)11(3)15(5)14-9-7-6-8-13(14)12(4)16/h6-12,16H,1-5H3/t11?,12-/m1/s1. The number of nitrogens with zero attached hydrogens (tertiary/aromatic N) is 1. The van der Waals surface area contributed by atoms with Gasteiger partial charge in [0.15, 0.2) is 0 Å². The number of aliphatic hydroxyl groups is 1. The van der Waals surface area contributed by atoms with Crippen molar-refractivity contribution in [2.75, 3.05) is 11.9 Å². The lowest BCUT2D eigenvalue weighted by Gasteiger charge is -2.32. The molecule has 2 heteroatoms. The third kappa shape index (κ3) is 2.76. The summed E-state index contributed by atoms with van der Waals surface area (Å²) in [6.45, 7) is 8.45. The van der Waals surface area contributed by atoms with Crippen molar-refractivity contribution in [2.24, 2.45) is 5.92 Å². The zero-order valence-corrected chi connectivity index (χ0v) is 10.9. The molecule has 1 rings (SSSR count). The normalized spacial score (nSPS) is 14.9. The molecule has 0 aliphatic carbocycles. The van der Waals surface area contributed by atoms with E-state index in [4.69, 9.17) is 0 Å². The summed E-state index contributed by atoms with van der Waals surface area (Å²) in [6.07, 6.45) is -0.419. The van der Waals surface area contributed by atoms with E-state index in [0.717, 1.165) is 11.3 Å². The van der Waals surface area contributed by atoms with Crippen LogP contribution in [0.3, 0.4) is 0 Å². The summed E-state index contributed by atoms with van der Waals surface area (Å²) in [7, 11) is 2.09. The molecule has 0 spiro atoms. The van der Waals surface area contributed by atoms with E-state index in [1.807, 2.05) is 25.1 Å². The van der Waals surface area contributed by atoms with Crippen LogP contribution in [0.4, 0.5) is 5.69 Å². The molecule has 2 nitrogen and oxygen atoms in total. The van der Waals surface area contributed by atoms with Crippen molar-refractivity contribution < 1.29 is 5.11 Å². The van der Waals surface area contributed by atoms with Crippen LogP contribution in [0, 0.1) is 5.92 Å². The van der Waals surface area contributed by atoms with E-state index in [-0.39, 0.29) is 0 Å². The molecular weight excluding hydrogens is 198 g/mol. The largest absolute Gasteiger partial charge is 0.389 e. The van der Waals surface area contributed by atoms with E-state index < -0.39 is 6.10 Å². The minimum atomic E-state index is -0.419. The Morgan fingerprint density at radius 3 is 2.12 bits per heavy atom. The maximum atomic E-state index is 9.75. The third-order valence-electron chi connectivity index (χ3n) is 3.34. The van der Waals surface area contributed by atoms with Crippen molar-refractivity contribution in [1.29, 1.82) is 0 Å². The van der Waals surface area contributed by atoms with Gasteiger partial charge in [0.1, 0.15) is 0 Å². The third-order valence-corrected chi connectivity index (χ3v) is 3.34. The number of hydrogen-bond donors (Lipinski definition) is 1. The molecule has 0 radical (unpaired) electrons. The second-order valence-electron chi connectivity index (χ2n) is 4.83. The van der Waals surface area contributed by atoms with Crippen LogP contribution in [0.5, 0.6) is 0 Å². The highest BCUT2D eigenvalue weighted by atomic mass is 16.3. The quantitative estimate of drug-likeness (QED) is 0.844. The predicted molar refractivity (Wildman–Crippen MR) is 69.8 cm³/mol. The highest BCUT2D eigenvalue weighted by Gasteiger charge is 2.17. The summed E-state index contributed by atoms with van der Waals surface area (Å²) in [6, 6.07) is 8.51. The minimum absolute atomic E-state index is 0.419. The Hall–Kier alpha value is -1.02. The molecule has 0 fully saturated rings. The van der Waals surface area contributed by atoms with E-state index in [1.165, 1.54) is 0 Å². The summed E-state index contributed by atoms with van der Waals surface area (Å²) in [4.78, 5) is 2.24. The van der Waals surface area contributed by atoms with Gasteiger partial charge in [0, 0.05) is 24.3 Å². The Kier molecular flexibility index (Phi) is 4.36. The molecule has 16 heavy (non-hydrogen) atoms. The van der Waals surface area contributed by atoms with Gasteiger partial charge in [-0.1, -0.05) is 32.0 Å². The van der Waals surface area contributed by atoms with Crippen LogP contribution in [-0.4, -0.2) is 18.2 Å². The lowest BCUT2D eigenvalue weighted by Crippen LogP contribution is -2.33. The zero-order valence-electron chi connectivity index (χ0n) is 10.9. The summed E-state index contributed by atoms with van der Waals surface area (Å²) >= 11 is 0. The number of para-hydroxylation sites is 1. The maximum Gasteiger partial charge on any atom is 0.0781 e. The van der Waals surface area contributed by atoms with Crippen molar-refractivity contribution in [3.05, 3.63) is 29.8 Å². The molecule has 1 aromatic carbocycles. The van der Waals surface area contributed by atoms with E-state index in [1.54, 1.807) is 0 Å². The van der Waals surface area contributed by atoms with Gasteiger partial charge in [0.05, 0.1) is 6.10 Å². The number of aliphatic hydroxyl groups excluding tert-OH is 1. The maximum absolute atomic E-state index is 9.75. The fraction of sp³-hybridized carbons (Fsp3) is 0.571. The molecule has 0 aliphatic rings. The Morgan fingerprint density at radius 1 is 1.06 bits per heavy atom. The van der Waals surface area contributed by atoms with Gasteiger partial charge < -0.3 is 10.0 Å². The van der Waals surface area contributed by atoms with Crippen LogP contribution in [-0.2, 0) is 0 Å². The first-order valence-electron chi connectivity index (χ1n) is 5.95. The summed E-state index contributed by atoms with van der Waals surface area (Å²) < 4.78 is 0. The first kappa shape index (κ1) is 13.0. The van der Waals surface area contributed by atoms with Gasteiger partial charge in [-0.25, -0.2) is 0 Å². The molecule has 90 valence electrons. The van der Waals surface area contributed by atoms with Crippen LogP contribution < -0.4 is 4.90 Å². The average Bonchev–Trinajstić information content (AvgIpc) is 2.26. The number of benzene rings is 1. The summed E-state index contributed by atoms with van der Waals surface area (Å²) in [5.41, 5.74) is 2.12.